The van der Waals surface area contributed by atoms with Crippen LogP contribution in [0.25, 0.3) is 10.2 Å². The van der Waals surface area contributed by atoms with Gasteiger partial charge in [0.2, 0.25) is 0 Å². The molecular formula is C25H28F3N3O3S. The van der Waals surface area contributed by atoms with Crippen LogP contribution in [0.3, 0.4) is 0 Å². The van der Waals surface area contributed by atoms with E-state index in [0.29, 0.717) is 59.7 Å². The van der Waals surface area contributed by atoms with Crippen molar-refractivity contribution < 1.29 is 18.0 Å². The summed E-state index contributed by atoms with van der Waals surface area (Å²) in [4.78, 5) is 41.2. The van der Waals surface area contributed by atoms with E-state index in [0.717, 1.165) is 10.6 Å². The first kappa shape index (κ1) is 25.4. The lowest BCUT2D eigenvalue weighted by Gasteiger charge is -2.26. The van der Waals surface area contributed by atoms with Gasteiger partial charge in [0.1, 0.15) is 10.6 Å². The predicted octanol–water partition coefficient (Wildman–Crippen LogP) is 4.19. The summed E-state index contributed by atoms with van der Waals surface area (Å²) in [6.07, 6.45) is -3.69. The quantitative estimate of drug-likeness (QED) is 0.502. The molecule has 1 fully saturated rings. The first-order chi connectivity index (χ1) is 16.5. The zero-order chi connectivity index (χ0) is 25.5. The minimum absolute atomic E-state index is 0.00381. The minimum atomic E-state index is -4.50. The Morgan fingerprint density at radius 2 is 1.71 bits per heavy atom. The fourth-order valence-electron chi connectivity index (χ4n) is 4.58. The predicted molar refractivity (Wildman–Crippen MR) is 130 cm³/mol. The maximum atomic E-state index is 13.7. The molecule has 0 atom stereocenters. The third-order valence-electron chi connectivity index (χ3n) is 6.37. The first-order valence-corrected chi connectivity index (χ1v) is 12.4. The summed E-state index contributed by atoms with van der Waals surface area (Å²) in [5, 5.41) is 0.383. The summed E-state index contributed by atoms with van der Waals surface area (Å²) in [6.45, 7) is 5.71. The largest absolute Gasteiger partial charge is 0.416 e. The second-order valence-corrected chi connectivity index (χ2v) is 10.6. The van der Waals surface area contributed by atoms with Gasteiger partial charge >= 0.3 is 11.9 Å². The molecular weight excluding hydrogens is 479 g/mol. The maximum absolute atomic E-state index is 13.7. The Morgan fingerprint density at radius 1 is 1.06 bits per heavy atom. The smallest absolute Gasteiger partial charge is 0.300 e. The molecule has 1 aromatic carbocycles. The van der Waals surface area contributed by atoms with Crippen molar-refractivity contribution in [1.82, 2.24) is 14.0 Å². The van der Waals surface area contributed by atoms with E-state index < -0.39 is 23.0 Å². The van der Waals surface area contributed by atoms with Crippen LogP contribution < -0.4 is 11.2 Å². The second kappa shape index (κ2) is 9.73. The number of Topliss-reactive ketones (excluding diaryl/α,β-unsaturated/α-hetero) is 1. The Kier molecular flexibility index (Phi) is 7.06. The van der Waals surface area contributed by atoms with Crippen LogP contribution in [0, 0.1) is 5.92 Å². The number of hydrogen-bond acceptors (Lipinski definition) is 5. The van der Waals surface area contributed by atoms with Crippen molar-refractivity contribution in [3.05, 3.63) is 66.7 Å². The molecule has 35 heavy (non-hydrogen) atoms. The Bertz CT molecular complexity index is 1370. The lowest BCUT2D eigenvalue weighted by atomic mass is 10.00. The zero-order valence-electron chi connectivity index (χ0n) is 19.9. The average molecular weight is 508 g/mol. The monoisotopic (exact) mass is 507 g/mol. The molecule has 6 nitrogen and oxygen atoms in total. The van der Waals surface area contributed by atoms with Gasteiger partial charge in [0.15, 0.2) is 0 Å². The summed E-state index contributed by atoms with van der Waals surface area (Å²) in [5.74, 6) is 0.305. The second-order valence-electron chi connectivity index (χ2n) is 9.48. The van der Waals surface area contributed by atoms with Crippen LogP contribution in [0.5, 0.6) is 0 Å². The minimum Gasteiger partial charge on any atom is -0.300 e. The molecule has 0 radical (unpaired) electrons. The number of aromatic nitrogens is 2. The zero-order valence-corrected chi connectivity index (χ0v) is 20.8. The molecule has 0 bridgehead atoms. The number of fused-ring (bicyclic) bond motifs is 1. The molecule has 1 aliphatic heterocycles. The van der Waals surface area contributed by atoms with Gasteiger partial charge < -0.3 is 0 Å². The molecule has 0 amide bonds. The van der Waals surface area contributed by atoms with Gasteiger partial charge in [0, 0.05) is 57.4 Å². The summed E-state index contributed by atoms with van der Waals surface area (Å²) >= 11 is 1.22. The SMILES string of the molecule is CC(C)Cn1c(=O)n(C)c(=O)c2c(CN3CCC(=O)CC3)c(Cc3ccccc3C(F)(F)F)sc21. The molecule has 0 aliphatic carbocycles. The molecule has 4 rings (SSSR count). The topological polar surface area (TPSA) is 64.3 Å². The van der Waals surface area contributed by atoms with Crippen molar-refractivity contribution in [3.63, 3.8) is 0 Å². The molecule has 10 heteroatoms. The molecule has 0 saturated carbocycles. The average Bonchev–Trinajstić information content (AvgIpc) is 3.14. The molecule has 3 aromatic rings. The fourth-order valence-corrected chi connectivity index (χ4v) is 5.90. The van der Waals surface area contributed by atoms with Crippen molar-refractivity contribution in [3.8, 4) is 0 Å². The number of alkyl halides is 3. The maximum Gasteiger partial charge on any atom is 0.416 e. The van der Waals surface area contributed by atoms with Crippen molar-refractivity contribution in [1.29, 1.82) is 0 Å². The third-order valence-corrected chi connectivity index (χ3v) is 7.63. The number of rotatable bonds is 6. The Hall–Kier alpha value is -2.72. The Balaban J connectivity index is 1.92. The van der Waals surface area contributed by atoms with Gasteiger partial charge in [-0.25, -0.2) is 4.79 Å². The number of hydrogen-bond donors (Lipinski definition) is 0. The number of piperidine rings is 1. The molecule has 2 aromatic heterocycles. The van der Waals surface area contributed by atoms with E-state index in [1.165, 1.54) is 30.5 Å². The molecule has 188 valence electrons. The van der Waals surface area contributed by atoms with Crippen molar-refractivity contribution >= 4 is 27.3 Å². The van der Waals surface area contributed by atoms with E-state index in [2.05, 4.69) is 4.90 Å². The summed E-state index contributed by atoms with van der Waals surface area (Å²) in [5.41, 5.74) is -0.820. The first-order valence-electron chi connectivity index (χ1n) is 11.6. The van der Waals surface area contributed by atoms with Crippen LogP contribution in [-0.2, 0) is 37.5 Å². The van der Waals surface area contributed by atoms with E-state index in [9.17, 15) is 27.6 Å². The summed E-state index contributed by atoms with van der Waals surface area (Å²) < 4.78 is 43.8. The normalized spacial score (nSPS) is 15.5. The van der Waals surface area contributed by atoms with E-state index >= 15 is 0 Å². The molecule has 1 saturated heterocycles. The van der Waals surface area contributed by atoms with Gasteiger partial charge in [0.25, 0.3) is 5.56 Å². The highest BCUT2D eigenvalue weighted by Gasteiger charge is 2.33. The number of benzene rings is 1. The number of nitrogens with zero attached hydrogens (tertiary/aromatic N) is 3. The van der Waals surface area contributed by atoms with E-state index in [1.54, 1.807) is 10.6 Å². The number of carbonyl (C=O) groups excluding carboxylic acids is 1. The van der Waals surface area contributed by atoms with Gasteiger partial charge in [-0.3, -0.25) is 23.6 Å². The van der Waals surface area contributed by atoms with Gasteiger partial charge in [-0.15, -0.1) is 11.3 Å². The third kappa shape index (κ3) is 5.13. The van der Waals surface area contributed by atoms with E-state index in [4.69, 9.17) is 0 Å². The standard InChI is InChI=1S/C25H28F3N3O3S/c1-15(2)13-31-23-21(22(33)29(3)24(31)34)18(14-30-10-8-17(32)9-11-30)20(35-23)12-16-6-4-5-7-19(16)25(26,27)28/h4-7,15H,8-14H2,1-3H3. The van der Waals surface area contributed by atoms with Crippen molar-refractivity contribution in [2.75, 3.05) is 13.1 Å². The van der Waals surface area contributed by atoms with E-state index in [-0.39, 0.29) is 23.7 Å². The van der Waals surface area contributed by atoms with Gasteiger partial charge in [0.05, 0.1) is 10.9 Å². The van der Waals surface area contributed by atoms with Crippen LogP contribution in [0.15, 0.2) is 33.9 Å². The molecule has 3 heterocycles. The number of likely N-dealkylation sites (tertiary alicyclic amines) is 1. The van der Waals surface area contributed by atoms with Crippen LogP contribution in [-0.4, -0.2) is 32.9 Å². The van der Waals surface area contributed by atoms with Crippen molar-refractivity contribution in [2.45, 2.75) is 52.4 Å². The van der Waals surface area contributed by atoms with Crippen molar-refractivity contribution in [2.24, 2.45) is 13.0 Å². The molecule has 1 aliphatic rings. The fraction of sp³-hybridized carbons (Fsp3) is 0.480. The van der Waals surface area contributed by atoms with Crippen LogP contribution in [0.4, 0.5) is 13.2 Å². The van der Waals surface area contributed by atoms with E-state index in [1.807, 2.05) is 13.8 Å². The highest BCUT2D eigenvalue weighted by atomic mass is 32.1. The van der Waals surface area contributed by atoms with Gasteiger partial charge in [-0.05, 0) is 23.1 Å². The van der Waals surface area contributed by atoms with Gasteiger partial charge in [-0.2, -0.15) is 13.2 Å². The van der Waals surface area contributed by atoms with Crippen LogP contribution in [0.2, 0.25) is 0 Å². The molecule has 0 N–H and O–H groups in total. The van der Waals surface area contributed by atoms with Crippen LogP contribution >= 0.6 is 11.3 Å². The highest BCUT2D eigenvalue weighted by Crippen LogP contribution is 2.37. The molecule has 0 unspecified atom stereocenters. The number of ketones is 1. The number of thiophene rings is 1. The lowest BCUT2D eigenvalue weighted by molar-refractivity contribution is -0.138. The van der Waals surface area contributed by atoms with Gasteiger partial charge in [-0.1, -0.05) is 32.0 Å². The lowest BCUT2D eigenvalue weighted by Crippen LogP contribution is -2.39. The number of carbonyl (C=O) groups is 1. The number of halogens is 3. The Morgan fingerprint density at radius 3 is 2.34 bits per heavy atom. The molecule has 0 spiro atoms. The summed E-state index contributed by atoms with van der Waals surface area (Å²) in [7, 11) is 1.43. The summed E-state index contributed by atoms with van der Waals surface area (Å²) in [6, 6.07) is 5.45. The Labute approximate surface area is 204 Å². The van der Waals surface area contributed by atoms with Crippen LogP contribution in [0.1, 0.15) is 48.3 Å². The highest BCUT2D eigenvalue weighted by molar-refractivity contribution is 7.18.